The van der Waals surface area contributed by atoms with Crippen LogP contribution < -0.4 is 4.72 Å². The zero-order valence-electron chi connectivity index (χ0n) is 5.07. The number of rotatable bonds is 1. The maximum atomic E-state index is 10.7. The van der Waals surface area contributed by atoms with Crippen molar-refractivity contribution in [3.63, 3.8) is 0 Å². The fourth-order valence-electron chi connectivity index (χ4n) is 0.559. The first-order valence-electron chi connectivity index (χ1n) is 2.73. The van der Waals surface area contributed by atoms with Gasteiger partial charge in [-0.25, -0.2) is 4.89 Å². The summed E-state index contributed by atoms with van der Waals surface area (Å²) in [4.78, 5) is 19.5. The lowest BCUT2D eigenvalue weighted by atomic mass is 10.2. The van der Waals surface area contributed by atoms with Crippen molar-refractivity contribution in [1.29, 1.82) is 0 Å². The van der Waals surface area contributed by atoms with Crippen LogP contribution in [0.25, 0.3) is 0 Å². The Bertz CT molecular complexity index is 124. The average Bonchev–Trinajstić information content (AvgIpc) is 2.05. The minimum Gasteiger partial charge on any atom is -0.300 e. The smallest absolute Gasteiger partial charge is 0.262 e. The molecule has 1 unspecified atom stereocenters. The highest BCUT2D eigenvalue weighted by molar-refractivity contribution is 7.78. The Morgan fingerprint density at radius 1 is 1.70 bits per heavy atom. The minimum absolute atomic E-state index is 0.327. The van der Waals surface area contributed by atoms with Crippen LogP contribution in [-0.4, -0.2) is 18.6 Å². The second kappa shape index (κ2) is 3.77. The Balaban J connectivity index is 2.31. The zero-order chi connectivity index (χ0) is 7.40. The maximum Gasteiger partial charge on any atom is 0.262 e. The van der Waals surface area contributed by atoms with E-state index >= 15 is 0 Å². The van der Waals surface area contributed by atoms with Gasteiger partial charge in [0.15, 0.2) is 6.10 Å². The first-order valence-corrected chi connectivity index (χ1v) is 3.18. The molecular formula is C4H7NO4S. The third-order valence-electron chi connectivity index (χ3n) is 1.07. The number of carbonyl (C=O) groups excluding carboxylic acids is 1. The van der Waals surface area contributed by atoms with Gasteiger partial charge >= 0.3 is 0 Å². The van der Waals surface area contributed by atoms with Crippen LogP contribution in [0.5, 0.6) is 0 Å². The lowest BCUT2D eigenvalue weighted by molar-refractivity contribution is -0.542. The molecule has 1 heterocycles. The van der Waals surface area contributed by atoms with Gasteiger partial charge in [-0.1, -0.05) is 17.9 Å². The maximum absolute atomic E-state index is 10.7. The monoisotopic (exact) mass is 165 g/mol. The first-order chi connectivity index (χ1) is 4.84. The molecule has 1 aliphatic rings. The molecule has 0 aromatic carbocycles. The lowest BCUT2D eigenvalue weighted by Crippen LogP contribution is -2.35. The van der Waals surface area contributed by atoms with Crippen molar-refractivity contribution in [2.45, 2.75) is 12.5 Å². The van der Waals surface area contributed by atoms with Crippen LogP contribution in [0.2, 0.25) is 0 Å². The molecule has 0 aromatic rings. The summed E-state index contributed by atoms with van der Waals surface area (Å²) in [6.45, 7) is 0.353. The number of hydrogen-bond donors (Lipinski definition) is 2. The van der Waals surface area contributed by atoms with Gasteiger partial charge in [-0.15, -0.1) is 0 Å². The Morgan fingerprint density at radius 2 is 2.50 bits per heavy atom. The summed E-state index contributed by atoms with van der Waals surface area (Å²) in [5.74, 6) is -0.327. The van der Waals surface area contributed by atoms with Crippen LogP contribution in [0.4, 0.5) is 0 Å². The third-order valence-corrected chi connectivity index (χ3v) is 1.29. The number of nitrogens with one attached hydrogen (secondary N) is 1. The van der Waals surface area contributed by atoms with Crippen molar-refractivity contribution in [2.75, 3.05) is 6.61 Å². The molecule has 1 rings (SSSR count). The van der Waals surface area contributed by atoms with Crippen LogP contribution in [0.3, 0.4) is 0 Å². The van der Waals surface area contributed by atoms with Gasteiger partial charge in [0.2, 0.25) is 0 Å². The largest absolute Gasteiger partial charge is 0.300 e. The molecule has 0 saturated carbocycles. The molecule has 0 aromatic heterocycles. The quantitative estimate of drug-likeness (QED) is 0.410. The molecule has 58 valence electrons. The highest BCUT2D eigenvalue weighted by Crippen LogP contribution is 2.06. The third kappa shape index (κ3) is 1.84. The first kappa shape index (κ1) is 7.80. The van der Waals surface area contributed by atoms with E-state index in [1.807, 2.05) is 0 Å². The highest BCUT2D eigenvalue weighted by Gasteiger charge is 2.23. The summed E-state index contributed by atoms with van der Waals surface area (Å²) in [7, 11) is 0. The van der Waals surface area contributed by atoms with Crippen molar-refractivity contribution in [3.8, 4) is 0 Å². The standard InChI is InChI=1S/C4H7NO4S/c6-4(5-10)3-1-2-7-9-8-3/h3,10H,1-2H2,(H,5,6). The molecule has 1 fully saturated rings. The number of carbonyl (C=O) groups is 1. The number of amides is 1. The fourth-order valence-corrected chi connectivity index (χ4v) is 0.703. The molecule has 0 radical (unpaired) electrons. The van der Waals surface area contributed by atoms with Gasteiger partial charge in [0.25, 0.3) is 5.91 Å². The van der Waals surface area contributed by atoms with Crippen LogP contribution in [0, 0.1) is 0 Å². The fraction of sp³-hybridized carbons (Fsp3) is 0.750. The summed E-state index contributed by atoms with van der Waals surface area (Å²) < 4.78 is 2.13. The van der Waals surface area contributed by atoms with Gasteiger partial charge in [0.05, 0.1) is 6.61 Å². The van der Waals surface area contributed by atoms with E-state index in [-0.39, 0.29) is 5.91 Å². The van der Waals surface area contributed by atoms with Crippen molar-refractivity contribution >= 4 is 18.7 Å². The van der Waals surface area contributed by atoms with Crippen molar-refractivity contribution < 1.29 is 19.6 Å². The number of thiol groups is 1. The molecule has 0 spiro atoms. The van der Waals surface area contributed by atoms with E-state index in [0.717, 1.165) is 0 Å². The zero-order valence-corrected chi connectivity index (χ0v) is 5.97. The normalized spacial score (nSPS) is 25.9. The Labute approximate surface area is 63.0 Å². The molecule has 5 nitrogen and oxygen atoms in total. The van der Waals surface area contributed by atoms with Gasteiger partial charge in [-0.3, -0.25) is 4.79 Å². The predicted molar refractivity (Wildman–Crippen MR) is 33.7 cm³/mol. The molecule has 1 atom stereocenters. The van der Waals surface area contributed by atoms with Crippen molar-refractivity contribution in [1.82, 2.24) is 4.72 Å². The van der Waals surface area contributed by atoms with Gasteiger partial charge in [-0.2, -0.15) is 4.89 Å². The molecule has 0 aliphatic carbocycles. The van der Waals surface area contributed by atoms with Crippen molar-refractivity contribution in [2.24, 2.45) is 0 Å². The Hall–Kier alpha value is -0.300. The molecule has 1 N–H and O–H groups in total. The van der Waals surface area contributed by atoms with Crippen LogP contribution in [-0.2, 0) is 19.6 Å². The molecular weight excluding hydrogens is 158 g/mol. The second-order valence-electron chi connectivity index (χ2n) is 1.74. The van der Waals surface area contributed by atoms with E-state index in [0.29, 0.717) is 13.0 Å². The highest BCUT2D eigenvalue weighted by atomic mass is 32.1. The average molecular weight is 165 g/mol. The Kier molecular flexibility index (Phi) is 2.94. The van der Waals surface area contributed by atoms with E-state index in [4.69, 9.17) is 0 Å². The van der Waals surface area contributed by atoms with E-state index in [1.54, 1.807) is 0 Å². The summed E-state index contributed by atoms with van der Waals surface area (Å²) in [6.07, 6.45) is -0.127. The van der Waals surface area contributed by atoms with Crippen molar-refractivity contribution in [3.05, 3.63) is 0 Å². The predicted octanol–water partition coefficient (Wildman–Crippen LogP) is -0.401. The summed E-state index contributed by atoms with van der Waals surface area (Å²) in [5, 5.41) is 4.11. The molecule has 1 saturated heterocycles. The van der Waals surface area contributed by atoms with Gasteiger partial charge in [-0.05, 0) is 0 Å². The molecule has 6 heteroatoms. The van der Waals surface area contributed by atoms with Crippen LogP contribution in [0.15, 0.2) is 0 Å². The lowest BCUT2D eigenvalue weighted by Gasteiger charge is -2.17. The van der Waals surface area contributed by atoms with E-state index in [1.165, 1.54) is 0 Å². The molecule has 10 heavy (non-hydrogen) atoms. The van der Waals surface area contributed by atoms with Gasteiger partial charge < -0.3 is 4.72 Å². The van der Waals surface area contributed by atoms with Crippen LogP contribution >= 0.6 is 12.8 Å². The SMILES string of the molecule is O=C(NS)C1CCOOO1. The molecule has 1 aliphatic heterocycles. The van der Waals surface area contributed by atoms with E-state index in [9.17, 15) is 4.79 Å². The van der Waals surface area contributed by atoms with Gasteiger partial charge in [0, 0.05) is 6.42 Å². The van der Waals surface area contributed by atoms with Gasteiger partial charge in [0.1, 0.15) is 0 Å². The van der Waals surface area contributed by atoms with E-state index < -0.39 is 6.10 Å². The topological polar surface area (TPSA) is 56.8 Å². The van der Waals surface area contributed by atoms with Crippen LogP contribution in [0.1, 0.15) is 6.42 Å². The minimum atomic E-state index is -0.605. The molecule has 0 bridgehead atoms. The number of hydrogen-bond acceptors (Lipinski definition) is 5. The van der Waals surface area contributed by atoms with E-state index in [2.05, 4.69) is 32.4 Å². The second-order valence-corrected chi connectivity index (χ2v) is 1.96. The molecule has 1 amide bonds. The summed E-state index contributed by atoms with van der Waals surface area (Å²) in [5.41, 5.74) is 0. The summed E-state index contributed by atoms with van der Waals surface area (Å²) in [6, 6.07) is 0. The summed E-state index contributed by atoms with van der Waals surface area (Å²) >= 11 is 3.55. The Morgan fingerprint density at radius 3 is 3.00 bits per heavy atom.